The number of nitrogens with one attached hydrogen (secondary N) is 2. The maximum absolute atomic E-state index is 12.2. The van der Waals surface area contributed by atoms with Crippen molar-refractivity contribution in [3.8, 4) is 12.3 Å². The number of rotatable bonds is 7. The van der Waals surface area contributed by atoms with E-state index in [4.69, 9.17) is 6.42 Å². The minimum Gasteiger partial charge on any atom is -0.356 e. The summed E-state index contributed by atoms with van der Waals surface area (Å²) in [6, 6.07) is 13.2. The van der Waals surface area contributed by atoms with E-state index in [1.54, 1.807) is 0 Å². The molecule has 0 saturated heterocycles. The Morgan fingerprint density at radius 1 is 1.14 bits per heavy atom. The Balaban J connectivity index is 1.80. The van der Waals surface area contributed by atoms with Crippen molar-refractivity contribution in [3.63, 3.8) is 0 Å². The van der Waals surface area contributed by atoms with Gasteiger partial charge in [-0.2, -0.15) is 0 Å². The van der Waals surface area contributed by atoms with Crippen LogP contribution in [0.2, 0.25) is 0 Å². The molecule has 3 rings (SSSR count). The van der Waals surface area contributed by atoms with Crippen molar-refractivity contribution < 1.29 is 9.59 Å². The second kappa shape index (κ2) is 8.78. The molecule has 2 N–H and O–H groups in total. The van der Waals surface area contributed by atoms with Crippen LogP contribution in [0.4, 0.5) is 11.5 Å². The molecule has 1 amide bonds. The second-order valence-electron chi connectivity index (χ2n) is 6.37. The van der Waals surface area contributed by atoms with Crippen LogP contribution in [-0.4, -0.2) is 28.2 Å². The lowest BCUT2D eigenvalue weighted by atomic mass is 10.0. The predicted octanol–water partition coefficient (Wildman–Crippen LogP) is 2.99. The summed E-state index contributed by atoms with van der Waals surface area (Å²) in [5.74, 6) is 3.17. The van der Waals surface area contributed by atoms with Crippen molar-refractivity contribution in [1.29, 1.82) is 0 Å². The summed E-state index contributed by atoms with van der Waals surface area (Å²) in [7, 11) is 0. The fourth-order valence-electron chi connectivity index (χ4n) is 2.83. The molecule has 2 aromatic carbocycles. The van der Waals surface area contributed by atoms with E-state index in [9.17, 15) is 9.59 Å². The van der Waals surface area contributed by atoms with Crippen molar-refractivity contribution in [2.45, 2.75) is 19.8 Å². The molecule has 0 fully saturated rings. The van der Waals surface area contributed by atoms with Crippen molar-refractivity contribution in [2.75, 3.05) is 11.9 Å². The first kappa shape index (κ1) is 19.1. The third kappa shape index (κ3) is 4.92. The molecule has 140 valence electrons. The molecule has 0 bridgehead atoms. The number of carbonyl (C=O) groups excluding carboxylic acids is 2. The molecule has 0 aliphatic rings. The van der Waals surface area contributed by atoms with Crippen molar-refractivity contribution in [3.05, 3.63) is 59.9 Å². The van der Waals surface area contributed by atoms with Crippen LogP contribution in [-0.2, 0) is 16.0 Å². The highest BCUT2D eigenvalue weighted by molar-refractivity contribution is 5.92. The molecule has 6 nitrogen and oxygen atoms in total. The van der Waals surface area contributed by atoms with Crippen LogP contribution in [0.25, 0.3) is 10.9 Å². The summed E-state index contributed by atoms with van der Waals surface area (Å²) < 4.78 is 0. The van der Waals surface area contributed by atoms with E-state index in [1.165, 1.54) is 13.3 Å². The van der Waals surface area contributed by atoms with Gasteiger partial charge in [0.2, 0.25) is 5.91 Å². The first-order chi connectivity index (χ1) is 13.5. The smallest absolute Gasteiger partial charge is 0.216 e. The van der Waals surface area contributed by atoms with Crippen molar-refractivity contribution in [1.82, 2.24) is 15.3 Å². The maximum atomic E-state index is 12.2. The van der Waals surface area contributed by atoms with E-state index in [1.807, 2.05) is 42.5 Å². The standard InChI is InChI=1S/C22H20N4O2/c1-3-16-5-4-6-18(11-16)26-22-20-13-17(7-8-21(20)24-14-25-22)12-19(28)9-10-23-15(2)27/h1,4-8,11,13-14H,9-10,12H2,2H3,(H,23,27)(H,24,25,26). The molecule has 0 aliphatic heterocycles. The van der Waals surface area contributed by atoms with Gasteiger partial charge in [0.1, 0.15) is 17.9 Å². The summed E-state index contributed by atoms with van der Waals surface area (Å²) in [5, 5.41) is 6.72. The topological polar surface area (TPSA) is 84.0 Å². The largest absolute Gasteiger partial charge is 0.356 e. The Morgan fingerprint density at radius 2 is 2.00 bits per heavy atom. The highest BCUT2D eigenvalue weighted by atomic mass is 16.1. The zero-order valence-corrected chi connectivity index (χ0v) is 15.5. The molecule has 0 radical (unpaired) electrons. The number of ketones is 1. The van der Waals surface area contributed by atoms with Gasteiger partial charge in [-0.3, -0.25) is 9.59 Å². The van der Waals surface area contributed by atoms with Crippen LogP contribution in [0, 0.1) is 12.3 Å². The van der Waals surface area contributed by atoms with E-state index >= 15 is 0 Å². The quantitative estimate of drug-likeness (QED) is 0.623. The summed E-state index contributed by atoms with van der Waals surface area (Å²) in [6.45, 7) is 1.78. The van der Waals surface area contributed by atoms with E-state index in [-0.39, 0.29) is 18.1 Å². The van der Waals surface area contributed by atoms with Gasteiger partial charge in [-0.1, -0.05) is 18.1 Å². The van der Waals surface area contributed by atoms with Gasteiger partial charge >= 0.3 is 0 Å². The van der Waals surface area contributed by atoms with E-state index < -0.39 is 0 Å². The number of anilines is 2. The van der Waals surface area contributed by atoms with Gasteiger partial charge in [-0.15, -0.1) is 6.42 Å². The van der Waals surface area contributed by atoms with E-state index in [2.05, 4.69) is 26.5 Å². The number of nitrogens with zero attached hydrogens (tertiary/aromatic N) is 2. The Hall–Kier alpha value is -3.72. The second-order valence-corrected chi connectivity index (χ2v) is 6.37. The van der Waals surface area contributed by atoms with Gasteiger partial charge in [-0.05, 0) is 35.9 Å². The SMILES string of the molecule is C#Cc1cccc(Nc2ncnc3ccc(CC(=O)CCNC(C)=O)cc23)c1. The molecule has 0 saturated carbocycles. The number of aromatic nitrogens is 2. The molecule has 28 heavy (non-hydrogen) atoms. The van der Waals surface area contributed by atoms with Gasteiger partial charge in [0.05, 0.1) is 5.52 Å². The van der Waals surface area contributed by atoms with Crippen LogP contribution in [0.5, 0.6) is 0 Å². The van der Waals surface area contributed by atoms with Gasteiger partial charge in [0.25, 0.3) is 0 Å². The summed E-state index contributed by atoms with van der Waals surface area (Å²) in [5.41, 5.74) is 3.25. The molecule has 1 heterocycles. The zero-order chi connectivity index (χ0) is 19.9. The highest BCUT2D eigenvalue weighted by Gasteiger charge is 2.09. The van der Waals surface area contributed by atoms with Crippen LogP contribution >= 0.6 is 0 Å². The van der Waals surface area contributed by atoms with E-state index in [0.717, 1.165) is 27.7 Å². The van der Waals surface area contributed by atoms with Crippen LogP contribution in [0.3, 0.4) is 0 Å². The number of amides is 1. The van der Waals surface area contributed by atoms with Gasteiger partial charge < -0.3 is 10.6 Å². The molecule has 0 aliphatic carbocycles. The van der Waals surface area contributed by atoms with E-state index in [0.29, 0.717) is 18.8 Å². The average molecular weight is 372 g/mol. The number of carbonyl (C=O) groups is 2. The number of hydrogen-bond donors (Lipinski definition) is 2. The lowest BCUT2D eigenvalue weighted by Gasteiger charge is -2.10. The zero-order valence-electron chi connectivity index (χ0n) is 15.5. The fourth-order valence-corrected chi connectivity index (χ4v) is 2.83. The average Bonchev–Trinajstić information content (AvgIpc) is 2.68. The first-order valence-corrected chi connectivity index (χ1v) is 8.88. The Morgan fingerprint density at radius 3 is 2.79 bits per heavy atom. The first-order valence-electron chi connectivity index (χ1n) is 8.88. The monoisotopic (exact) mass is 372 g/mol. The third-order valence-electron chi connectivity index (χ3n) is 4.17. The van der Waals surface area contributed by atoms with Crippen molar-refractivity contribution in [2.24, 2.45) is 0 Å². The minimum atomic E-state index is -0.139. The molecular formula is C22H20N4O2. The van der Waals surface area contributed by atoms with Crippen LogP contribution < -0.4 is 10.6 Å². The third-order valence-corrected chi connectivity index (χ3v) is 4.17. The number of terminal acetylenes is 1. The maximum Gasteiger partial charge on any atom is 0.216 e. The minimum absolute atomic E-state index is 0.0566. The lowest BCUT2D eigenvalue weighted by molar-refractivity contribution is -0.119. The summed E-state index contributed by atoms with van der Waals surface area (Å²) >= 11 is 0. The van der Waals surface area contributed by atoms with Gasteiger partial charge in [0, 0.05) is 42.9 Å². The fraction of sp³-hybridized carbons (Fsp3) is 0.182. The number of benzene rings is 2. The lowest BCUT2D eigenvalue weighted by Crippen LogP contribution is -2.23. The Labute approximate surface area is 163 Å². The highest BCUT2D eigenvalue weighted by Crippen LogP contribution is 2.24. The number of fused-ring (bicyclic) bond motifs is 1. The molecule has 0 atom stereocenters. The number of Topliss-reactive ketones (excluding diaryl/α,β-unsaturated/α-hetero) is 1. The molecule has 0 spiro atoms. The molecule has 3 aromatic rings. The normalized spacial score (nSPS) is 10.3. The van der Waals surface area contributed by atoms with Gasteiger partial charge in [-0.25, -0.2) is 9.97 Å². The van der Waals surface area contributed by atoms with Gasteiger partial charge in [0.15, 0.2) is 0 Å². The molecule has 0 unspecified atom stereocenters. The molecule has 6 heteroatoms. The molecular weight excluding hydrogens is 352 g/mol. The molecule has 1 aromatic heterocycles. The summed E-state index contributed by atoms with van der Waals surface area (Å²) in [6.07, 6.45) is 7.54. The van der Waals surface area contributed by atoms with Crippen LogP contribution in [0.1, 0.15) is 24.5 Å². The van der Waals surface area contributed by atoms with Crippen LogP contribution in [0.15, 0.2) is 48.8 Å². The Kier molecular flexibility index (Phi) is 5.97. The number of hydrogen-bond acceptors (Lipinski definition) is 5. The van der Waals surface area contributed by atoms with Crippen molar-refractivity contribution >= 4 is 34.1 Å². The summed E-state index contributed by atoms with van der Waals surface area (Å²) in [4.78, 5) is 31.7. The Bertz CT molecular complexity index is 1070. The predicted molar refractivity (Wildman–Crippen MR) is 109 cm³/mol.